The second kappa shape index (κ2) is 5.07. The van der Waals surface area contributed by atoms with Crippen molar-refractivity contribution in [1.82, 2.24) is 5.32 Å². The van der Waals surface area contributed by atoms with Crippen molar-refractivity contribution in [2.75, 3.05) is 12.8 Å². The van der Waals surface area contributed by atoms with Gasteiger partial charge in [-0.25, -0.2) is 4.39 Å². The van der Waals surface area contributed by atoms with Crippen LogP contribution in [-0.2, 0) is 6.54 Å². The van der Waals surface area contributed by atoms with E-state index in [1.807, 2.05) is 17.8 Å². The first kappa shape index (κ1) is 12.4. The Morgan fingerprint density at radius 2 is 2.24 bits per heavy atom. The third-order valence-corrected chi connectivity index (χ3v) is 4.52. The average Bonchev–Trinajstić information content (AvgIpc) is 3.09. The highest BCUT2D eigenvalue weighted by atomic mass is 32.2. The van der Waals surface area contributed by atoms with Gasteiger partial charge in [0.15, 0.2) is 0 Å². The fourth-order valence-corrected chi connectivity index (χ4v) is 2.60. The zero-order chi connectivity index (χ0) is 12.3. The summed E-state index contributed by atoms with van der Waals surface area (Å²) in [4.78, 5) is 0. The molecule has 2 rings (SSSR count). The maximum atomic E-state index is 13.2. The first-order chi connectivity index (χ1) is 8.17. The summed E-state index contributed by atoms with van der Waals surface area (Å²) in [6.07, 6.45) is 4.65. The lowest BCUT2D eigenvalue weighted by Crippen LogP contribution is -2.25. The fraction of sp³-hybridized carbons (Fsp3) is 0.462. The van der Waals surface area contributed by atoms with Crippen LogP contribution in [0.25, 0.3) is 0 Å². The minimum Gasteiger partial charge on any atom is -0.311 e. The summed E-state index contributed by atoms with van der Waals surface area (Å²) in [5.41, 5.74) is 1.21. The number of benzene rings is 1. The van der Waals surface area contributed by atoms with Crippen LogP contribution in [0.1, 0.15) is 24.0 Å². The number of nitriles is 1. The second-order valence-electron chi connectivity index (χ2n) is 4.45. The van der Waals surface area contributed by atoms with Gasteiger partial charge in [-0.15, -0.1) is 0 Å². The van der Waals surface area contributed by atoms with Crippen molar-refractivity contribution in [3.05, 3.63) is 35.1 Å². The van der Waals surface area contributed by atoms with E-state index in [9.17, 15) is 4.39 Å². The van der Waals surface area contributed by atoms with E-state index >= 15 is 0 Å². The van der Waals surface area contributed by atoms with Crippen molar-refractivity contribution in [2.45, 2.75) is 24.1 Å². The molecule has 0 aromatic heterocycles. The summed E-state index contributed by atoms with van der Waals surface area (Å²) in [7, 11) is 0. The molecule has 1 aliphatic carbocycles. The highest BCUT2D eigenvalue weighted by Gasteiger charge is 2.41. The molecule has 4 heteroatoms. The Bertz CT molecular complexity index is 449. The van der Waals surface area contributed by atoms with Crippen molar-refractivity contribution in [1.29, 1.82) is 5.26 Å². The molecule has 0 spiro atoms. The molecule has 0 unspecified atom stereocenters. The lowest BCUT2D eigenvalue weighted by atomic mass is 10.1. The minimum absolute atomic E-state index is 0.341. The predicted molar refractivity (Wildman–Crippen MR) is 68.3 cm³/mol. The summed E-state index contributed by atoms with van der Waals surface area (Å²) in [6, 6.07) is 6.43. The molecular weight excluding hydrogens is 235 g/mol. The maximum Gasteiger partial charge on any atom is 0.124 e. The van der Waals surface area contributed by atoms with Gasteiger partial charge in [0.2, 0.25) is 0 Å². The van der Waals surface area contributed by atoms with Crippen molar-refractivity contribution in [3.63, 3.8) is 0 Å². The zero-order valence-electron chi connectivity index (χ0n) is 9.79. The van der Waals surface area contributed by atoms with Gasteiger partial charge in [0, 0.05) is 17.8 Å². The minimum atomic E-state index is -0.341. The molecule has 0 saturated heterocycles. The molecular formula is C13H15FN2S. The van der Waals surface area contributed by atoms with E-state index in [1.54, 1.807) is 6.07 Å². The van der Waals surface area contributed by atoms with Gasteiger partial charge in [0.25, 0.3) is 0 Å². The van der Waals surface area contributed by atoms with E-state index < -0.39 is 0 Å². The maximum absolute atomic E-state index is 13.2. The Hall–Kier alpha value is -1.05. The summed E-state index contributed by atoms with van der Waals surface area (Å²) in [5.74, 6) is -0.341. The lowest BCUT2D eigenvalue weighted by molar-refractivity contribution is 0.617. The topological polar surface area (TPSA) is 35.8 Å². The summed E-state index contributed by atoms with van der Waals surface area (Å²) in [5, 5.41) is 12.1. The molecule has 0 bridgehead atoms. The standard InChI is InChI=1S/C13H15FN2S/c1-17-13(2-3-13)9-16-8-11-4-10(7-15)5-12(14)6-11/h4-6,16H,2-3,8-9H2,1H3. The SMILES string of the molecule is CSC1(CNCc2cc(F)cc(C#N)c2)CC1. The van der Waals surface area contributed by atoms with E-state index in [4.69, 9.17) is 5.26 Å². The van der Waals surface area contributed by atoms with Crippen LogP contribution in [0.15, 0.2) is 18.2 Å². The van der Waals surface area contributed by atoms with Gasteiger partial charge in [-0.05, 0) is 42.9 Å². The zero-order valence-corrected chi connectivity index (χ0v) is 10.6. The van der Waals surface area contributed by atoms with Crippen molar-refractivity contribution in [3.8, 4) is 6.07 Å². The molecule has 1 aromatic carbocycles. The Balaban J connectivity index is 1.91. The molecule has 17 heavy (non-hydrogen) atoms. The summed E-state index contributed by atoms with van der Waals surface area (Å²) < 4.78 is 13.6. The molecule has 1 fully saturated rings. The summed E-state index contributed by atoms with van der Waals surface area (Å²) in [6.45, 7) is 1.57. The molecule has 0 heterocycles. The number of nitrogens with one attached hydrogen (secondary N) is 1. The van der Waals surface area contributed by atoms with Crippen molar-refractivity contribution < 1.29 is 4.39 Å². The van der Waals surface area contributed by atoms with Crippen LogP contribution in [0.5, 0.6) is 0 Å². The van der Waals surface area contributed by atoms with Crippen LogP contribution in [0.3, 0.4) is 0 Å². The highest BCUT2D eigenvalue weighted by Crippen LogP contribution is 2.46. The van der Waals surface area contributed by atoms with Gasteiger partial charge >= 0.3 is 0 Å². The van der Waals surface area contributed by atoms with Crippen LogP contribution in [0.2, 0.25) is 0 Å². The molecule has 1 aromatic rings. The third-order valence-electron chi connectivity index (χ3n) is 3.10. The van der Waals surface area contributed by atoms with Crippen LogP contribution < -0.4 is 5.32 Å². The van der Waals surface area contributed by atoms with Gasteiger partial charge < -0.3 is 5.32 Å². The van der Waals surface area contributed by atoms with Gasteiger partial charge in [-0.2, -0.15) is 17.0 Å². The quantitative estimate of drug-likeness (QED) is 0.872. The van der Waals surface area contributed by atoms with Crippen molar-refractivity contribution in [2.24, 2.45) is 0 Å². The number of halogens is 1. The average molecular weight is 250 g/mol. The Kier molecular flexibility index (Phi) is 3.70. The third kappa shape index (κ3) is 3.21. The molecule has 1 N–H and O–H groups in total. The Labute approximate surface area is 105 Å². The molecule has 0 amide bonds. The smallest absolute Gasteiger partial charge is 0.124 e. The summed E-state index contributed by atoms with van der Waals surface area (Å²) >= 11 is 1.90. The molecule has 90 valence electrons. The number of thioether (sulfide) groups is 1. The van der Waals surface area contributed by atoms with Gasteiger partial charge in [-0.1, -0.05) is 0 Å². The number of rotatable bonds is 5. The molecule has 0 aliphatic heterocycles. The van der Waals surface area contributed by atoms with Gasteiger partial charge in [0.1, 0.15) is 5.82 Å². The second-order valence-corrected chi connectivity index (χ2v) is 5.72. The predicted octanol–water partition coefficient (Wildman–Crippen LogP) is 2.68. The van der Waals surface area contributed by atoms with Crippen LogP contribution in [0.4, 0.5) is 4.39 Å². The van der Waals surface area contributed by atoms with E-state index in [1.165, 1.54) is 25.0 Å². The fourth-order valence-electron chi connectivity index (χ4n) is 1.84. The number of hydrogen-bond acceptors (Lipinski definition) is 3. The van der Waals surface area contributed by atoms with Crippen molar-refractivity contribution >= 4 is 11.8 Å². The molecule has 1 aliphatic rings. The van der Waals surface area contributed by atoms with E-state index in [0.717, 1.165) is 12.1 Å². The largest absolute Gasteiger partial charge is 0.311 e. The lowest BCUT2D eigenvalue weighted by Gasteiger charge is -2.13. The molecule has 2 nitrogen and oxygen atoms in total. The van der Waals surface area contributed by atoms with Crippen LogP contribution in [-0.4, -0.2) is 17.5 Å². The number of nitrogens with zero attached hydrogens (tertiary/aromatic N) is 1. The normalized spacial score (nSPS) is 16.5. The highest BCUT2D eigenvalue weighted by molar-refractivity contribution is 8.00. The van der Waals surface area contributed by atoms with Gasteiger partial charge in [0.05, 0.1) is 11.6 Å². The van der Waals surface area contributed by atoms with E-state index in [-0.39, 0.29) is 5.82 Å². The Morgan fingerprint density at radius 1 is 1.47 bits per heavy atom. The van der Waals surface area contributed by atoms with E-state index in [0.29, 0.717) is 16.9 Å². The van der Waals surface area contributed by atoms with Crippen LogP contribution in [0, 0.1) is 17.1 Å². The molecule has 0 atom stereocenters. The monoisotopic (exact) mass is 250 g/mol. The number of hydrogen-bond donors (Lipinski definition) is 1. The first-order valence-electron chi connectivity index (χ1n) is 5.63. The molecule has 0 radical (unpaired) electrons. The van der Waals surface area contributed by atoms with E-state index in [2.05, 4.69) is 11.6 Å². The van der Waals surface area contributed by atoms with Crippen LogP contribution >= 0.6 is 11.8 Å². The molecule has 1 saturated carbocycles. The first-order valence-corrected chi connectivity index (χ1v) is 6.85. The Morgan fingerprint density at radius 3 is 2.82 bits per heavy atom. The van der Waals surface area contributed by atoms with Gasteiger partial charge in [-0.3, -0.25) is 0 Å².